The fourth-order valence-electron chi connectivity index (χ4n) is 8.49. The van der Waals surface area contributed by atoms with Gasteiger partial charge in [0.15, 0.2) is 0 Å². The largest absolute Gasteiger partial charge is 0.381 e. The van der Waals surface area contributed by atoms with Gasteiger partial charge in [-0.05, 0) is 37.8 Å². The van der Waals surface area contributed by atoms with E-state index in [-0.39, 0.29) is 56.5 Å². The number of hydrogen-bond acceptors (Lipinski definition) is 22. The van der Waals surface area contributed by atoms with Crippen LogP contribution in [0.15, 0.2) is 30.5 Å². The molecule has 0 atom stereocenters. The molecule has 6 rings (SSSR count). The molecular formula is C52H80N8O20. The molecule has 28 nitrogen and oxygen atoms in total. The molecule has 2 N–H and O–H groups in total. The minimum atomic E-state index is -0.973. The molecule has 0 radical (unpaired) electrons. The third-order valence-corrected chi connectivity index (χ3v) is 12.8. The number of amides is 7. The quantitative estimate of drug-likeness (QED) is 0.0536. The normalized spacial score (nSPS) is 16.6. The van der Waals surface area contributed by atoms with E-state index in [4.69, 9.17) is 66.4 Å². The number of carbonyl (C=O) groups is 6. The van der Waals surface area contributed by atoms with Crippen LogP contribution in [0.1, 0.15) is 44.9 Å². The van der Waals surface area contributed by atoms with Gasteiger partial charge in [-0.2, -0.15) is 0 Å². The Morgan fingerprint density at radius 1 is 0.613 bits per heavy atom. The zero-order valence-electron chi connectivity index (χ0n) is 45.8. The van der Waals surface area contributed by atoms with Gasteiger partial charge in [0.05, 0.1) is 178 Å². The number of benzene rings is 1. The van der Waals surface area contributed by atoms with Crippen molar-refractivity contribution in [1.29, 1.82) is 0 Å². The Bertz CT molecular complexity index is 2130. The number of likely N-dealkylation sites (tertiary alicyclic amines) is 1. The number of carbonyl (C=O) groups excluding carboxylic acids is 6. The summed E-state index contributed by atoms with van der Waals surface area (Å²) in [5, 5.41) is 14.9. The van der Waals surface area contributed by atoms with E-state index in [0.29, 0.717) is 220 Å². The van der Waals surface area contributed by atoms with Crippen LogP contribution in [0.25, 0.3) is 11.3 Å². The summed E-state index contributed by atoms with van der Waals surface area (Å²) in [6, 6.07) is 6.58. The summed E-state index contributed by atoms with van der Waals surface area (Å²) in [4.78, 5) is 81.9. The molecule has 2 aromatic rings. The van der Waals surface area contributed by atoms with E-state index in [1.54, 1.807) is 15.6 Å². The highest BCUT2D eigenvalue weighted by Gasteiger charge is 2.54. The summed E-state index contributed by atoms with van der Waals surface area (Å²) in [5.41, 5.74) is 1.06. The van der Waals surface area contributed by atoms with E-state index in [1.165, 1.54) is 4.90 Å². The van der Waals surface area contributed by atoms with Gasteiger partial charge in [0.2, 0.25) is 0 Å². The molecule has 28 heteroatoms. The summed E-state index contributed by atoms with van der Waals surface area (Å²) in [5.74, 6) is -1.94. The van der Waals surface area contributed by atoms with Crippen molar-refractivity contribution < 1.29 is 95.2 Å². The first-order valence-electron chi connectivity index (χ1n) is 27.5. The van der Waals surface area contributed by atoms with E-state index in [9.17, 15) is 28.8 Å². The molecule has 1 spiro atoms. The number of rotatable bonds is 43. The highest BCUT2D eigenvalue weighted by atomic mass is 16.7. The Balaban J connectivity index is 0.621. The lowest BCUT2D eigenvalue weighted by atomic mass is 9.87. The summed E-state index contributed by atoms with van der Waals surface area (Å²) < 4.78 is 73.2. The van der Waals surface area contributed by atoms with Gasteiger partial charge in [0, 0.05) is 56.4 Å². The Labute approximate surface area is 465 Å². The molecule has 4 aliphatic rings. The number of piperidine rings is 1. The van der Waals surface area contributed by atoms with Crippen LogP contribution < -0.4 is 10.6 Å². The SMILES string of the molecule is O=C(CCOCCOCCOCCOCCOCCOCCOCCOCCOCCOCCOCCOCCn1cc(-c2cccc(NC(=O)N3CCC4(CC3)NC(=O)N(C3CCOCC3)C4=O)c2)nn1)ON1C(=O)CCC1=O. The third kappa shape index (κ3) is 23.3. The van der Waals surface area contributed by atoms with Gasteiger partial charge >= 0.3 is 18.0 Å². The second-order valence-corrected chi connectivity index (χ2v) is 18.5. The molecule has 4 saturated heterocycles. The molecular weight excluding hydrogens is 1060 g/mol. The summed E-state index contributed by atoms with van der Waals surface area (Å²) >= 11 is 0. The second-order valence-electron chi connectivity index (χ2n) is 18.5. The maximum absolute atomic E-state index is 13.4. The molecule has 80 heavy (non-hydrogen) atoms. The predicted molar refractivity (Wildman–Crippen MR) is 279 cm³/mol. The van der Waals surface area contributed by atoms with Gasteiger partial charge in [0.1, 0.15) is 11.2 Å². The lowest BCUT2D eigenvalue weighted by Gasteiger charge is -2.37. The van der Waals surface area contributed by atoms with Crippen molar-refractivity contribution in [2.45, 2.75) is 63.1 Å². The van der Waals surface area contributed by atoms with Crippen molar-refractivity contribution in [3.63, 3.8) is 0 Å². The molecule has 7 amide bonds. The standard InChI is InChI=1S/C52H80N8O20/c61-46-4-5-47(62)60(46)80-48(63)8-16-68-18-20-70-22-24-72-26-28-74-30-32-76-34-36-78-38-39-79-37-35-77-33-31-75-29-27-73-25-23-71-21-19-69-17-13-58-41-45(55-56-58)42-2-1-3-43(40-42)53-50(65)57-11-9-52(10-12-57)49(64)59(51(66)54-52)44-6-14-67-15-7-44/h1-3,40-41,44H,4-39H2,(H,53,65)(H,54,66). The number of urea groups is 2. The van der Waals surface area contributed by atoms with Crippen molar-refractivity contribution in [2.24, 2.45) is 0 Å². The topological polar surface area (TPSA) is 296 Å². The van der Waals surface area contributed by atoms with Gasteiger partial charge in [0.25, 0.3) is 17.7 Å². The van der Waals surface area contributed by atoms with E-state index in [1.807, 2.05) is 24.4 Å². The molecule has 1 aromatic heterocycles. The minimum absolute atomic E-state index is 0.0498. The highest BCUT2D eigenvalue weighted by molar-refractivity contribution is 6.07. The molecule has 4 aliphatic heterocycles. The molecule has 0 bridgehead atoms. The Morgan fingerprint density at radius 3 is 1.54 bits per heavy atom. The zero-order chi connectivity index (χ0) is 56.3. The number of hydroxylamine groups is 2. The van der Waals surface area contributed by atoms with Crippen LogP contribution >= 0.6 is 0 Å². The van der Waals surface area contributed by atoms with Gasteiger partial charge < -0.3 is 82.0 Å². The number of nitrogens with zero attached hydrogens (tertiary/aromatic N) is 6. The van der Waals surface area contributed by atoms with Crippen LogP contribution in [-0.2, 0) is 92.1 Å². The molecule has 0 aliphatic carbocycles. The average molecular weight is 1140 g/mol. The van der Waals surface area contributed by atoms with Gasteiger partial charge in [-0.1, -0.05) is 17.3 Å². The lowest BCUT2D eigenvalue weighted by molar-refractivity contribution is -0.198. The number of aromatic nitrogens is 3. The molecule has 448 valence electrons. The first-order valence-corrected chi connectivity index (χ1v) is 27.5. The van der Waals surface area contributed by atoms with Gasteiger partial charge in [-0.3, -0.25) is 19.3 Å². The fraction of sp³-hybridized carbons (Fsp3) is 0.731. The maximum Gasteiger partial charge on any atom is 0.335 e. The lowest BCUT2D eigenvalue weighted by Crippen LogP contribution is -2.56. The number of anilines is 1. The second kappa shape index (κ2) is 37.6. The summed E-state index contributed by atoms with van der Waals surface area (Å²) in [6.45, 7) is 12.1. The molecule has 4 fully saturated rings. The van der Waals surface area contributed by atoms with Crippen LogP contribution in [0.5, 0.6) is 0 Å². The molecule has 0 unspecified atom stereocenters. The van der Waals surface area contributed by atoms with Gasteiger partial charge in [-0.25, -0.2) is 19.1 Å². The Hall–Kier alpha value is -5.34. The van der Waals surface area contributed by atoms with Crippen molar-refractivity contribution >= 4 is 41.4 Å². The fourth-order valence-corrected chi connectivity index (χ4v) is 8.49. The first kappa shape index (κ1) is 63.8. The van der Waals surface area contributed by atoms with Crippen molar-refractivity contribution in [1.82, 2.24) is 35.2 Å². The number of nitrogens with one attached hydrogen (secondary N) is 2. The van der Waals surface area contributed by atoms with Crippen molar-refractivity contribution in [3.05, 3.63) is 30.5 Å². The Morgan fingerprint density at radius 2 is 1.06 bits per heavy atom. The van der Waals surface area contributed by atoms with Crippen LogP contribution in [0, 0.1) is 0 Å². The van der Waals surface area contributed by atoms with E-state index >= 15 is 0 Å². The number of imide groups is 2. The van der Waals surface area contributed by atoms with Crippen molar-refractivity contribution in [3.8, 4) is 11.3 Å². The van der Waals surface area contributed by atoms with Crippen LogP contribution in [0.2, 0.25) is 0 Å². The van der Waals surface area contributed by atoms with Crippen LogP contribution in [0.4, 0.5) is 15.3 Å². The van der Waals surface area contributed by atoms with E-state index < -0.39 is 23.3 Å². The summed E-state index contributed by atoms with van der Waals surface area (Å²) in [6.07, 6.45) is 3.80. The van der Waals surface area contributed by atoms with Gasteiger partial charge in [-0.15, -0.1) is 10.2 Å². The van der Waals surface area contributed by atoms with E-state index in [0.717, 1.165) is 5.56 Å². The Kier molecular flexibility index (Phi) is 30.0. The molecule has 5 heterocycles. The smallest absolute Gasteiger partial charge is 0.335 e. The highest BCUT2D eigenvalue weighted by Crippen LogP contribution is 2.33. The minimum Gasteiger partial charge on any atom is -0.381 e. The van der Waals surface area contributed by atoms with Crippen LogP contribution in [0.3, 0.4) is 0 Å². The van der Waals surface area contributed by atoms with Crippen molar-refractivity contribution in [2.75, 3.05) is 190 Å². The maximum atomic E-state index is 13.4. The van der Waals surface area contributed by atoms with Crippen LogP contribution in [-0.4, -0.2) is 262 Å². The number of ether oxygens (including phenoxy) is 13. The molecule has 0 saturated carbocycles. The number of hydrogen-bond donors (Lipinski definition) is 2. The zero-order valence-corrected chi connectivity index (χ0v) is 45.8. The monoisotopic (exact) mass is 1140 g/mol. The first-order chi connectivity index (χ1) is 39.2. The summed E-state index contributed by atoms with van der Waals surface area (Å²) in [7, 11) is 0. The molecule has 1 aromatic carbocycles. The third-order valence-electron chi connectivity index (χ3n) is 12.8. The van der Waals surface area contributed by atoms with E-state index in [2.05, 4.69) is 20.9 Å². The predicted octanol–water partition coefficient (Wildman–Crippen LogP) is 1.24. The average Bonchev–Trinajstić information content (AvgIpc) is 4.20.